The van der Waals surface area contributed by atoms with Crippen molar-refractivity contribution in [1.82, 2.24) is 19.7 Å². The number of aromatic amines is 1. The van der Waals surface area contributed by atoms with Gasteiger partial charge in [-0.1, -0.05) is 30.3 Å². The summed E-state index contributed by atoms with van der Waals surface area (Å²) in [6.07, 6.45) is 2.27. The molecule has 0 atom stereocenters. The Morgan fingerprint density at radius 3 is 2.62 bits per heavy atom. The molecule has 1 aliphatic carbocycles. The van der Waals surface area contributed by atoms with Crippen LogP contribution < -0.4 is 5.32 Å². The fourth-order valence-electron chi connectivity index (χ4n) is 3.09. The summed E-state index contributed by atoms with van der Waals surface area (Å²) in [5.74, 6) is 0.676. The molecule has 6 nitrogen and oxygen atoms in total. The summed E-state index contributed by atoms with van der Waals surface area (Å²) in [5, 5.41) is 7.54. The SMILES string of the molecule is O=C(Nc1nc2ccccc2[nH]1)c1cc(C2CC2)nn1-c1ccccc1. The van der Waals surface area contributed by atoms with Crippen molar-refractivity contribution in [1.29, 1.82) is 0 Å². The molecule has 2 aromatic carbocycles. The third kappa shape index (κ3) is 2.65. The Hall–Kier alpha value is -3.41. The zero-order valence-electron chi connectivity index (χ0n) is 14.0. The summed E-state index contributed by atoms with van der Waals surface area (Å²) >= 11 is 0. The number of rotatable bonds is 4. The highest BCUT2D eigenvalue weighted by Crippen LogP contribution is 2.39. The average Bonchev–Trinajstić information content (AvgIpc) is 3.28. The highest BCUT2D eigenvalue weighted by atomic mass is 16.2. The molecule has 4 aromatic rings. The van der Waals surface area contributed by atoms with Crippen LogP contribution in [0.4, 0.5) is 5.95 Å². The van der Waals surface area contributed by atoms with Crippen LogP contribution in [0, 0.1) is 0 Å². The van der Waals surface area contributed by atoms with E-state index >= 15 is 0 Å². The van der Waals surface area contributed by atoms with Crippen molar-refractivity contribution in [2.24, 2.45) is 0 Å². The lowest BCUT2D eigenvalue weighted by atomic mass is 10.2. The molecule has 1 saturated carbocycles. The lowest BCUT2D eigenvalue weighted by molar-refractivity contribution is 0.101. The van der Waals surface area contributed by atoms with Crippen LogP contribution in [0.15, 0.2) is 60.7 Å². The molecule has 2 heterocycles. The molecular weight excluding hydrogens is 326 g/mol. The van der Waals surface area contributed by atoms with E-state index < -0.39 is 0 Å². The largest absolute Gasteiger partial charge is 0.324 e. The zero-order chi connectivity index (χ0) is 17.5. The monoisotopic (exact) mass is 343 g/mol. The van der Waals surface area contributed by atoms with Crippen molar-refractivity contribution < 1.29 is 4.79 Å². The van der Waals surface area contributed by atoms with Gasteiger partial charge in [-0.2, -0.15) is 5.10 Å². The Kier molecular flexibility index (Phi) is 3.35. The van der Waals surface area contributed by atoms with Gasteiger partial charge in [0.1, 0.15) is 5.69 Å². The van der Waals surface area contributed by atoms with Gasteiger partial charge in [-0.15, -0.1) is 0 Å². The number of imidazole rings is 1. The van der Waals surface area contributed by atoms with Gasteiger partial charge in [0.25, 0.3) is 5.91 Å². The molecule has 2 N–H and O–H groups in total. The number of nitrogens with one attached hydrogen (secondary N) is 2. The van der Waals surface area contributed by atoms with Gasteiger partial charge in [0.2, 0.25) is 5.95 Å². The van der Waals surface area contributed by atoms with Crippen molar-refractivity contribution in [3.63, 3.8) is 0 Å². The predicted molar refractivity (Wildman–Crippen MR) is 99.6 cm³/mol. The summed E-state index contributed by atoms with van der Waals surface area (Å²) in [7, 11) is 0. The third-order valence-corrected chi connectivity index (χ3v) is 4.58. The maximum Gasteiger partial charge on any atom is 0.276 e. The first-order valence-electron chi connectivity index (χ1n) is 8.69. The second kappa shape index (κ2) is 5.84. The molecule has 0 unspecified atom stereocenters. The Labute approximate surface area is 149 Å². The number of hydrogen-bond acceptors (Lipinski definition) is 3. The van der Waals surface area contributed by atoms with Gasteiger partial charge in [0, 0.05) is 5.92 Å². The van der Waals surface area contributed by atoms with E-state index in [0.29, 0.717) is 17.6 Å². The standard InChI is InChI=1S/C20H17N5O/c26-19(23-20-21-15-8-4-5-9-16(15)22-20)18-12-17(13-10-11-13)24-25(18)14-6-2-1-3-7-14/h1-9,12-13H,10-11H2,(H2,21,22,23,26). The highest BCUT2D eigenvalue weighted by molar-refractivity contribution is 6.03. The maximum absolute atomic E-state index is 12.9. The van der Waals surface area contributed by atoms with E-state index in [0.717, 1.165) is 35.3 Å². The second-order valence-electron chi connectivity index (χ2n) is 6.53. The third-order valence-electron chi connectivity index (χ3n) is 4.58. The highest BCUT2D eigenvalue weighted by Gasteiger charge is 2.29. The van der Waals surface area contributed by atoms with Crippen LogP contribution in [0.1, 0.15) is 34.9 Å². The van der Waals surface area contributed by atoms with Crippen molar-refractivity contribution >= 4 is 22.9 Å². The fourth-order valence-corrected chi connectivity index (χ4v) is 3.09. The molecule has 1 aliphatic rings. The van der Waals surface area contributed by atoms with Crippen LogP contribution in [-0.2, 0) is 0 Å². The Balaban J connectivity index is 1.50. The summed E-state index contributed by atoms with van der Waals surface area (Å²) in [5.41, 5.74) is 4.06. The number of carbonyl (C=O) groups excluding carboxylic acids is 1. The van der Waals surface area contributed by atoms with Gasteiger partial charge >= 0.3 is 0 Å². The Morgan fingerprint density at radius 2 is 1.85 bits per heavy atom. The number of benzene rings is 2. The van der Waals surface area contributed by atoms with Crippen LogP contribution in [0.3, 0.4) is 0 Å². The number of amides is 1. The van der Waals surface area contributed by atoms with Crippen molar-refractivity contribution in [3.05, 3.63) is 72.1 Å². The van der Waals surface area contributed by atoms with Gasteiger partial charge in [-0.05, 0) is 43.2 Å². The van der Waals surface area contributed by atoms with Crippen LogP contribution in [0.25, 0.3) is 16.7 Å². The first-order valence-corrected chi connectivity index (χ1v) is 8.69. The lowest BCUT2D eigenvalue weighted by Gasteiger charge is -2.06. The van der Waals surface area contributed by atoms with Gasteiger partial charge in [0.05, 0.1) is 22.4 Å². The molecular formula is C20H17N5O. The molecule has 26 heavy (non-hydrogen) atoms. The number of H-pyrrole nitrogens is 1. The molecule has 1 fully saturated rings. The first kappa shape index (κ1) is 14.9. The minimum absolute atomic E-state index is 0.229. The lowest BCUT2D eigenvalue weighted by Crippen LogP contribution is -2.17. The summed E-state index contributed by atoms with van der Waals surface area (Å²) in [6, 6.07) is 19.3. The predicted octanol–water partition coefficient (Wildman–Crippen LogP) is 3.88. The molecule has 128 valence electrons. The molecule has 6 heteroatoms. The molecule has 2 aromatic heterocycles. The van der Waals surface area contributed by atoms with Crippen LogP contribution in [0.2, 0.25) is 0 Å². The number of carbonyl (C=O) groups is 1. The topological polar surface area (TPSA) is 75.6 Å². The first-order chi connectivity index (χ1) is 12.8. The van der Waals surface area contributed by atoms with E-state index in [1.807, 2.05) is 60.7 Å². The van der Waals surface area contributed by atoms with Crippen LogP contribution in [0.5, 0.6) is 0 Å². The Morgan fingerprint density at radius 1 is 1.08 bits per heavy atom. The number of nitrogens with zero attached hydrogens (tertiary/aromatic N) is 3. The second-order valence-corrected chi connectivity index (χ2v) is 6.53. The minimum atomic E-state index is -0.229. The summed E-state index contributed by atoms with van der Waals surface area (Å²) in [4.78, 5) is 20.5. The van der Waals surface area contributed by atoms with E-state index in [9.17, 15) is 4.79 Å². The molecule has 0 spiro atoms. The molecule has 5 rings (SSSR count). The van der Waals surface area contributed by atoms with E-state index in [2.05, 4.69) is 20.4 Å². The smallest absolute Gasteiger partial charge is 0.276 e. The normalized spacial score (nSPS) is 13.8. The van der Waals surface area contributed by atoms with Crippen LogP contribution >= 0.6 is 0 Å². The number of anilines is 1. The van der Waals surface area contributed by atoms with E-state index in [-0.39, 0.29) is 5.91 Å². The minimum Gasteiger partial charge on any atom is -0.324 e. The van der Waals surface area contributed by atoms with Crippen molar-refractivity contribution in [2.45, 2.75) is 18.8 Å². The number of fused-ring (bicyclic) bond motifs is 1. The summed E-state index contributed by atoms with van der Waals surface area (Å²) < 4.78 is 1.71. The van der Waals surface area contributed by atoms with Crippen molar-refractivity contribution in [2.75, 3.05) is 5.32 Å². The number of para-hydroxylation sites is 3. The van der Waals surface area contributed by atoms with E-state index in [4.69, 9.17) is 0 Å². The molecule has 0 radical (unpaired) electrons. The quantitative estimate of drug-likeness (QED) is 0.590. The fraction of sp³-hybridized carbons (Fsp3) is 0.150. The van der Waals surface area contributed by atoms with Crippen LogP contribution in [-0.4, -0.2) is 25.7 Å². The molecule has 1 amide bonds. The van der Waals surface area contributed by atoms with Gasteiger partial charge < -0.3 is 4.98 Å². The van der Waals surface area contributed by atoms with E-state index in [1.54, 1.807) is 4.68 Å². The van der Waals surface area contributed by atoms with Gasteiger partial charge in [-0.3, -0.25) is 10.1 Å². The zero-order valence-corrected chi connectivity index (χ0v) is 14.0. The number of aromatic nitrogens is 4. The average molecular weight is 343 g/mol. The maximum atomic E-state index is 12.9. The molecule has 0 saturated heterocycles. The van der Waals surface area contributed by atoms with E-state index in [1.165, 1.54) is 0 Å². The molecule has 0 bridgehead atoms. The summed E-state index contributed by atoms with van der Waals surface area (Å²) in [6.45, 7) is 0. The number of hydrogen-bond donors (Lipinski definition) is 2. The Bertz CT molecular complexity index is 1060. The van der Waals surface area contributed by atoms with Gasteiger partial charge in [-0.25, -0.2) is 9.67 Å². The molecule has 0 aliphatic heterocycles. The van der Waals surface area contributed by atoms with Crippen molar-refractivity contribution in [3.8, 4) is 5.69 Å². The van der Waals surface area contributed by atoms with Gasteiger partial charge in [0.15, 0.2) is 0 Å².